The Hall–Kier alpha value is -1.92. The molecule has 6 heteroatoms. The first-order valence-electron chi connectivity index (χ1n) is 9.16. The van der Waals surface area contributed by atoms with Crippen LogP contribution in [0.5, 0.6) is 0 Å². The Morgan fingerprint density at radius 3 is 2.92 bits per heavy atom. The average molecular weight is 343 g/mol. The van der Waals surface area contributed by atoms with Gasteiger partial charge in [0.2, 0.25) is 11.6 Å². The lowest BCUT2D eigenvalue weighted by Gasteiger charge is -2.33. The van der Waals surface area contributed by atoms with E-state index in [1.807, 2.05) is 12.1 Å². The van der Waals surface area contributed by atoms with Crippen LogP contribution < -0.4 is 5.73 Å². The number of furan rings is 1. The number of fused-ring (bicyclic) bond motifs is 1. The highest BCUT2D eigenvalue weighted by molar-refractivity contribution is 5.77. The van der Waals surface area contributed by atoms with Crippen LogP contribution in [0.2, 0.25) is 0 Å². The van der Waals surface area contributed by atoms with Gasteiger partial charge in [0.1, 0.15) is 5.76 Å². The Bertz CT molecular complexity index is 703. The van der Waals surface area contributed by atoms with E-state index in [9.17, 15) is 4.79 Å². The predicted octanol–water partition coefficient (Wildman–Crippen LogP) is 2.32. The number of nitrogens with zero attached hydrogens (tertiary/aromatic N) is 2. The van der Waals surface area contributed by atoms with Crippen molar-refractivity contribution in [2.45, 2.75) is 38.3 Å². The third-order valence-electron chi connectivity index (χ3n) is 5.57. The van der Waals surface area contributed by atoms with Gasteiger partial charge in [0, 0.05) is 18.2 Å². The second kappa shape index (κ2) is 7.14. The number of amides is 1. The van der Waals surface area contributed by atoms with E-state index in [1.54, 1.807) is 6.20 Å². The number of hydrogen-bond donors (Lipinski definition) is 1. The zero-order valence-electron chi connectivity index (χ0n) is 14.4. The molecule has 0 spiro atoms. The lowest BCUT2D eigenvalue weighted by Crippen LogP contribution is -2.36. The zero-order chi connectivity index (χ0) is 17.2. The zero-order valence-corrected chi connectivity index (χ0v) is 14.4. The van der Waals surface area contributed by atoms with Crippen LogP contribution in [0.4, 0.5) is 0 Å². The van der Waals surface area contributed by atoms with Crippen molar-refractivity contribution in [1.82, 2.24) is 9.88 Å². The number of rotatable bonds is 5. The van der Waals surface area contributed by atoms with Crippen molar-refractivity contribution in [1.29, 1.82) is 0 Å². The van der Waals surface area contributed by atoms with Crippen LogP contribution >= 0.6 is 0 Å². The molecule has 134 valence electrons. The molecule has 2 N–H and O–H groups in total. The number of pyridine rings is 1. The Morgan fingerprint density at radius 2 is 2.16 bits per heavy atom. The van der Waals surface area contributed by atoms with Crippen LogP contribution in [0.3, 0.4) is 0 Å². The van der Waals surface area contributed by atoms with Crippen LogP contribution in [-0.4, -0.2) is 41.6 Å². The van der Waals surface area contributed by atoms with Gasteiger partial charge >= 0.3 is 0 Å². The van der Waals surface area contributed by atoms with E-state index in [0.29, 0.717) is 18.2 Å². The fourth-order valence-electron chi connectivity index (χ4n) is 4.14. The van der Waals surface area contributed by atoms with Crippen molar-refractivity contribution >= 4 is 17.0 Å². The van der Waals surface area contributed by atoms with Gasteiger partial charge in [-0.15, -0.1) is 0 Å². The molecule has 0 aliphatic carbocycles. The second-order valence-corrected chi connectivity index (χ2v) is 7.27. The van der Waals surface area contributed by atoms with Gasteiger partial charge in [0.05, 0.1) is 18.6 Å². The maximum absolute atomic E-state index is 11.5. The minimum absolute atomic E-state index is 0.0236. The van der Waals surface area contributed by atoms with Gasteiger partial charge < -0.3 is 14.9 Å². The molecule has 0 bridgehead atoms. The summed E-state index contributed by atoms with van der Waals surface area (Å²) >= 11 is 0. The van der Waals surface area contributed by atoms with Crippen molar-refractivity contribution in [3.8, 4) is 0 Å². The molecule has 0 aromatic carbocycles. The molecule has 0 radical (unpaired) electrons. The number of nitrogens with two attached hydrogens (primary N) is 1. The van der Waals surface area contributed by atoms with E-state index in [-0.39, 0.29) is 17.9 Å². The first-order valence-corrected chi connectivity index (χ1v) is 9.16. The molecular formula is C19H25N3O3. The summed E-state index contributed by atoms with van der Waals surface area (Å²) in [4.78, 5) is 18.2. The number of primary amides is 1. The normalized spacial score (nSPS) is 25.6. The van der Waals surface area contributed by atoms with Crippen LogP contribution in [-0.2, 0) is 16.1 Å². The highest BCUT2D eigenvalue weighted by atomic mass is 16.5. The monoisotopic (exact) mass is 343 g/mol. The lowest BCUT2D eigenvalue weighted by atomic mass is 9.86. The standard InChI is InChI=1S/C19H25N3O3/c20-18(23)16-5-9-24-17(16)10-13-3-7-22(8-4-13)12-15-11-14-2-1-6-21-19(14)25-15/h1-2,6,11,13,16-17H,3-5,7-10,12H2,(H2,20,23)/t16-,17-/m1/s1. The molecule has 6 nitrogen and oxygen atoms in total. The van der Waals surface area contributed by atoms with Gasteiger partial charge in [0.15, 0.2) is 0 Å². The fourth-order valence-corrected chi connectivity index (χ4v) is 4.14. The molecule has 2 saturated heterocycles. The third-order valence-corrected chi connectivity index (χ3v) is 5.57. The van der Waals surface area contributed by atoms with Crippen LogP contribution in [0, 0.1) is 11.8 Å². The van der Waals surface area contributed by atoms with Crippen molar-refractivity contribution in [3.05, 3.63) is 30.2 Å². The summed E-state index contributed by atoms with van der Waals surface area (Å²) in [5, 5.41) is 1.06. The van der Waals surface area contributed by atoms with E-state index < -0.39 is 0 Å². The molecule has 2 aromatic rings. The van der Waals surface area contributed by atoms with Gasteiger partial charge in [-0.05, 0) is 62.9 Å². The van der Waals surface area contributed by atoms with E-state index in [0.717, 1.165) is 56.5 Å². The Labute approximate surface area is 147 Å². The maximum atomic E-state index is 11.5. The largest absolute Gasteiger partial charge is 0.441 e. The molecule has 2 aliphatic rings. The molecular weight excluding hydrogens is 318 g/mol. The summed E-state index contributed by atoms with van der Waals surface area (Å²) in [6.07, 6.45) is 5.77. The van der Waals surface area contributed by atoms with Crippen molar-refractivity contribution < 1.29 is 13.9 Å². The van der Waals surface area contributed by atoms with Gasteiger partial charge in [-0.1, -0.05) is 0 Å². The average Bonchev–Trinajstić information content (AvgIpc) is 3.22. The van der Waals surface area contributed by atoms with Crippen molar-refractivity contribution in [3.63, 3.8) is 0 Å². The summed E-state index contributed by atoms with van der Waals surface area (Å²) in [5.74, 6) is 1.28. The maximum Gasteiger partial charge on any atom is 0.226 e. The molecule has 2 aromatic heterocycles. The van der Waals surface area contributed by atoms with Crippen molar-refractivity contribution in [2.24, 2.45) is 17.6 Å². The first-order chi connectivity index (χ1) is 12.2. The molecule has 0 unspecified atom stereocenters. The Morgan fingerprint density at radius 1 is 1.32 bits per heavy atom. The summed E-state index contributed by atoms with van der Waals surface area (Å²) in [6.45, 7) is 3.58. The van der Waals surface area contributed by atoms with Gasteiger partial charge in [-0.2, -0.15) is 0 Å². The second-order valence-electron chi connectivity index (χ2n) is 7.27. The molecule has 0 saturated carbocycles. The fraction of sp³-hybridized carbons (Fsp3) is 0.579. The minimum atomic E-state index is -0.210. The summed E-state index contributed by atoms with van der Waals surface area (Å²) in [5.41, 5.74) is 6.20. The van der Waals surface area contributed by atoms with Gasteiger partial charge in [0.25, 0.3) is 0 Å². The van der Waals surface area contributed by atoms with Crippen LogP contribution in [0.25, 0.3) is 11.1 Å². The van der Waals surface area contributed by atoms with E-state index in [2.05, 4.69) is 16.0 Å². The van der Waals surface area contributed by atoms with E-state index >= 15 is 0 Å². The number of carbonyl (C=O) groups excluding carboxylic acids is 1. The third kappa shape index (κ3) is 3.70. The highest BCUT2D eigenvalue weighted by Crippen LogP contribution is 2.31. The number of aromatic nitrogens is 1. The Balaban J connectivity index is 1.29. The van der Waals surface area contributed by atoms with Crippen LogP contribution in [0.1, 0.15) is 31.4 Å². The summed E-state index contributed by atoms with van der Waals surface area (Å²) in [6, 6.07) is 6.04. The number of piperidine rings is 1. The van der Waals surface area contributed by atoms with Crippen molar-refractivity contribution in [2.75, 3.05) is 19.7 Å². The van der Waals surface area contributed by atoms with Gasteiger partial charge in [-0.3, -0.25) is 9.69 Å². The quantitative estimate of drug-likeness (QED) is 0.901. The molecule has 2 fully saturated rings. The minimum Gasteiger partial charge on any atom is -0.441 e. The smallest absolute Gasteiger partial charge is 0.226 e. The molecule has 2 atom stereocenters. The highest BCUT2D eigenvalue weighted by Gasteiger charge is 2.35. The number of carbonyl (C=O) groups is 1. The molecule has 2 aliphatic heterocycles. The topological polar surface area (TPSA) is 81.6 Å². The summed E-state index contributed by atoms with van der Waals surface area (Å²) < 4.78 is 11.6. The molecule has 4 rings (SSSR count). The van der Waals surface area contributed by atoms with E-state index in [4.69, 9.17) is 14.9 Å². The lowest BCUT2D eigenvalue weighted by molar-refractivity contribution is -0.123. The summed E-state index contributed by atoms with van der Waals surface area (Å²) in [7, 11) is 0. The molecule has 25 heavy (non-hydrogen) atoms. The molecule has 1 amide bonds. The number of ether oxygens (including phenoxy) is 1. The van der Waals surface area contributed by atoms with Gasteiger partial charge in [-0.25, -0.2) is 4.98 Å². The number of hydrogen-bond acceptors (Lipinski definition) is 5. The molecule has 4 heterocycles. The first kappa shape index (κ1) is 16.5. The number of likely N-dealkylation sites (tertiary alicyclic amines) is 1. The van der Waals surface area contributed by atoms with Crippen LogP contribution in [0.15, 0.2) is 28.8 Å². The predicted molar refractivity (Wildman–Crippen MR) is 93.7 cm³/mol. The SMILES string of the molecule is NC(=O)[C@@H]1CCO[C@@H]1CC1CCN(Cc2cc3cccnc3o2)CC1. The van der Waals surface area contributed by atoms with E-state index in [1.165, 1.54) is 0 Å². The Kier molecular flexibility index (Phi) is 4.72.